The molecule has 1 heterocycles. The summed E-state index contributed by atoms with van der Waals surface area (Å²) in [5.74, 6) is 0. The van der Waals surface area contributed by atoms with Gasteiger partial charge in [-0.2, -0.15) is 0 Å². The van der Waals surface area contributed by atoms with Crippen molar-refractivity contribution in [3.8, 4) is 0 Å². The average Bonchev–Trinajstić information content (AvgIpc) is 2.65. The first-order chi connectivity index (χ1) is 7.59. The monoisotopic (exact) mass is 281 g/mol. The second-order valence-corrected chi connectivity index (χ2v) is 5.22. The zero-order valence-corrected chi connectivity index (χ0v) is 11.4. The van der Waals surface area contributed by atoms with E-state index in [2.05, 4.69) is 54.2 Å². The van der Waals surface area contributed by atoms with E-state index in [9.17, 15) is 0 Å². The Kier molecular flexibility index (Phi) is 3.36. The molecule has 0 atom stereocenters. The van der Waals surface area contributed by atoms with E-state index in [0.29, 0.717) is 6.04 Å². The third kappa shape index (κ3) is 2.15. The summed E-state index contributed by atoms with van der Waals surface area (Å²) < 4.78 is 6.72. The lowest BCUT2D eigenvalue weighted by atomic mass is 10.1. The highest BCUT2D eigenvalue weighted by Crippen LogP contribution is 2.31. The Labute approximate surface area is 104 Å². The van der Waals surface area contributed by atoms with E-state index < -0.39 is 0 Å². The van der Waals surface area contributed by atoms with Crippen molar-refractivity contribution in [3.05, 3.63) is 34.0 Å². The van der Waals surface area contributed by atoms with Crippen LogP contribution >= 0.6 is 15.9 Å². The molecule has 0 aliphatic heterocycles. The SMILES string of the molecule is Cc1ccc(Br)c2c(CNC(C)C)coc12. The number of hydrogen-bond donors (Lipinski definition) is 1. The number of hydrogen-bond acceptors (Lipinski definition) is 2. The number of fused-ring (bicyclic) bond motifs is 1. The molecular formula is C13H16BrNO. The minimum atomic E-state index is 0.480. The Bertz CT molecular complexity index is 502. The Morgan fingerprint density at radius 2 is 2.12 bits per heavy atom. The number of benzene rings is 1. The highest BCUT2D eigenvalue weighted by Gasteiger charge is 2.11. The quantitative estimate of drug-likeness (QED) is 0.920. The minimum Gasteiger partial charge on any atom is -0.464 e. The van der Waals surface area contributed by atoms with Crippen molar-refractivity contribution in [2.24, 2.45) is 0 Å². The van der Waals surface area contributed by atoms with Crippen LogP contribution in [0.15, 0.2) is 27.3 Å². The van der Waals surface area contributed by atoms with Gasteiger partial charge in [-0.25, -0.2) is 0 Å². The van der Waals surface area contributed by atoms with Gasteiger partial charge in [0.05, 0.1) is 6.26 Å². The van der Waals surface area contributed by atoms with Gasteiger partial charge in [-0.1, -0.05) is 35.8 Å². The average molecular weight is 282 g/mol. The molecule has 2 nitrogen and oxygen atoms in total. The van der Waals surface area contributed by atoms with E-state index in [1.165, 1.54) is 16.5 Å². The molecule has 0 unspecified atom stereocenters. The lowest BCUT2D eigenvalue weighted by molar-refractivity contribution is 0.572. The molecule has 2 rings (SSSR count). The Balaban J connectivity index is 2.43. The molecule has 1 aromatic heterocycles. The maximum Gasteiger partial charge on any atom is 0.138 e. The van der Waals surface area contributed by atoms with E-state index in [-0.39, 0.29) is 0 Å². The Morgan fingerprint density at radius 3 is 2.81 bits per heavy atom. The van der Waals surface area contributed by atoms with Crippen molar-refractivity contribution < 1.29 is 4.42 Å². The zero-order chi connectivity index (χ0) is 11.7. The molecule has 1 aromatic carbocycles. The third-order valence-electron chi connectivity index (χ3n) is 2.64. The molecule has 0 aliphatic carbocycles. The van der Waals surface area contributed by atoms with Crippen LogP contribution in [0, 0.1) is 6.92 Å². The number of nitrogens with one attached hydrogen (secondary N) is 1. The molecule has 2 aromatic rings. The molecule has 0 spiro atoms. The summed E-state index contributed by atoms with van der Waals surface area (Å²) in [6.07, 6.45) is 1.85. The van der Waals surface area contributed by atoms with Crippen LogP contribution in [0.5, 0.6) is 0 Å². The van der Waals surface area contributed by atoms with Crippen LogP contribution in [0.4, 0.5) is 0 Å². The van der Waals surface area contributed by atoms with E-state index in [1.807, 2.05) is 6.26 Å². The summed E-state index contributed by atoms with van der Waals surface area (Å²) in [7, 11) is 0. The molecule has 0 saturated carbocycles. The molecule has 0 bridgehead atoms. The van der Waals surface area contributed by atoms with Crippen molar-refractivity contribution >= 4 is 26.9 Å². The van der Waals surface area contributed by atoms with Gasteiger partial charge in [0.1, 0.15) is 5.58 Å². The maximum atomic E-state index is 5.62. The standard InChI is InChI=1S/C13H16BrNO/c1-8(2)15-6-10-7-16-13-9(3)4-5-11(14)12(10)13/h4-5,7-8,15H,6H2,1-3H3. The predicted molar refractivity (Wildman–Crippen MR) is 70.6 cm³/mol. The number of furan rings is 1. The molecule has 3 heteroatoms. The fourth-order valence-corrected chi connectivity index (χ4v) is 2.31. The summed E-state index contributed by atoms with van der Waals surface area (Å²) in [4.78, 5) is 0. The molecule has 1 N–H and O–H groups in total. The van der Waals surface area contributed by atoms with E-state index in [0.717, 1.165) is 16.6 Å². The Hall–Kier alpha value is -0.800. The maximum absolute atomic E-state index is 5.62. The highest BCUT2D eigenvalue weighted by molar-refractivity contribution is 9.10. The summed E-state index contributed by atoms with van der Waals surface area (Å²) in [6.45, 7) is 7.19. The second kappa shape index (κ2) is 4.60. The van der Waals surface area contributed by atoms with Crippen LogP contribution in [-0.2, 0) is 6.54 Å². The largest absolute Gasteiger partial charge is 0.464 e. The van der Waals surface area contributed by atoms with E-state index >= 15 is 0 Å². The predicted octanol–water partition coefficient (Wildman–Crippen LogP) is 4.00. The van der Waals surface area contributed by atoms with Crippen molar-refractivity contribution in [2.75, 3.05) is 0 Å². The first-order valence-corrected chi connectivity index (χ1v) is 6.27. The highest BCUT2D eigenvalue weighted by atomic mass is 79.9. The number of halogens is 1. The van der Waals surface area contributed by atoms with Gasteiger partial charge < -0.3 is 9.73 Å². The molecule has 0 radical (unpaired) electrons. The van der Waals surface area contributed by atoms with Crippen LogP contribution in [0.2, 0.25) is 0 Å². The van der Waals surface area contributed by atoms with Gasteiger partial charge >= 0.3 is 0 Å². The minimum absolute atomic E-state index is 0.480. The van der Waals surface area contributed by atoms with E-state index in [1.54, 1.807) is 0 Å². The van der Waals surface area contributed by atoms with Gasteiger partial charge in [0, 0.05) is 28.0 Å². The first-order valence-electron chi connectivity index (χ1n) is 5.48. The fraction of sp³-hybridized carbons (Fsp3) is 0.385. The van der Waals surface area contributed by atoms with Gasteiger partial charge in [-0.05, 0) is 18.6 Å². The van der Waals surface area contributed by atoms with Crippen molar-refractivity contribution in [1.82, 2.24) is 5.32 Å². The van der Waals surface area contributed by atoms with Gasteiger partial charge in [-0.15, -0.1) is 0 Å². The van der Waals surface area contributed by atoms with Crippen LogP contribution in [-0.4, -0.2) is 6.04 Å². The van der Waals surface area contributed by atoms with Crippen LogP contribution in [0.25, 0.3) is 11.0 Å². The topological polar surface area (TPSA) is 25.2 Å². The van der Waals surface area contributed by atoms with E-state index in [4.69, 9.17) is 4.42 Å². The number of aryl methyl sites for hydroxylation is 1. The van der Waals surface area contributed by atoms with Crippen molar-refractivity contribution in [3.63, 3.8) is 0 Å². The Morgan fingerprint density at radius 1 is 1.38 bits per heavy atom. The summed E-state index contributed by atoms with van der Waals surface area (Å²) in [5.41, 5.74) is 3.36. The fourth-order valence-electron chi connectivity index (χ4n) is 1.75. The second-order valence-electron chi connectivity index (χ2n) is 4.36. The van der Waals surface area contributed by atoms with Gasteiger partial charge in [-0.3, -0.25) is 0 Å². The summed E-state index contributed by atoms with van der Waals surface area (Å²) in [5, 5.41) is 4.59. The molecule has 16 heavy (non-hydrogen) atoms. The summed E-state index contributed by atoms with van der Waals surface area (Å²) >= 11 is 3.58. The zero-order valence-electron chi connectivity index (χ0n) is 9.80. The van der Waals surface area contributed by atoms with Crippen LogP contribution in [0.1, 0.15) is 25.0 Å². The van der Waals surface area contributed by atoms with Gasteiger partial charge in [0.25, 0.3) is 0 Å². The third-order valence-corrected chi connectivity index (χ3v) is 3.31. The normalized spacial score (nSPS) is 11.6. The van der Waals surface area contributed by atoms with Gasteiger partial charge in [0.15, 0.2) is 0 Å². The van der Waals surface area contributed by atoms with Crippen LogP contribution < -0.4 is 5.32 Å². The molecule has 0 amide bonds. The number of rotatable bonds is 3. The van der Waals surface area contributed by atoms with Gasteiger partial charge in [0.2, 0.25) is 0 Å². The lowest BCUT2D eigenvalue weighted by Gasteiger charge is -2.07. The molecule has 0 aliphatic rings. The first kappa shape index (κ1) is 11.7. The summed E-state index contributed by atoms with van der Waals surface area (Å²) in [6, 6.07) is 4.62. The smallest absolute Gasteiger partial charge is 0.138 e. The van der Waals surface area contributed by atoms with Crippen molar-refractivity contribution in [1.29, 1.82) is 0 Å². The molecular weight excluding hydrogens is 266 g/mol. The van der Waals surface area contributed by atoms with Crippen LogP contribution in [0.3, 0.4) is 0 Å². The van der Waals surface area contributed by atoms with Crippen molar-refractivity contribution in [2.45, 2.75) is 33.4 Å². The molecule has 0 saturated heterocycles. The molecule has 0 fully saturated rings. The molecule has 86 valence electrons. The lowest BCUT2D eigenvalue weighted by Crippen LogP contribution is -2.21.